The first-order valence-electron chi connectivity index (χ1n) is 7.34. The predicted octanol–water partition coefficient (Wildman–Crippen LogP) is 4.22. The first-order valence-corrected chi connectivity index (χ1v) is 8.10. The van der Waals surface area contributed by atoms with Crippen LogP contribution in [0.25, 0.3) is 10.9 Å². The first-order chi connectivity index (χ1) is 11.0. The van der Waals surface area contributed by atoms with Crippen LogP contribution in [0.15, 0.2) is 24.5 Å². The molecule has 2 N–H and O–H groups in total. The molecule has 0 bridgehead atoms. The van der Waals surface area contributed by atoms with Crippen LogP contribution < -0.4 is 5.32 Å². The van der Waals surface area contributed by atoms with Crippen LogP contribution in [0.4, 0.5) is 4.79 Å². The van der Waals surface area contributed by atoms with E-state index in [0.717, 1.165) is 40.8 Å². The summed E-state index contributed by atoms with van der Waals surface area (Å²) in [6.07, 6.45) is 3.26. The van der Waals surface area contributed by atoms with E-state index < -0.39 is 0 Å². The number of imidazole rings is 1. The third-order valence-corrected chi connectivity index (χ3v) is 4.86. The van der Waals surface area contributed by atoms with Crippen LogP contribution in [0.3, 0.4) is 0 Å². The maximum Gasteiger partial charge on any atom is 0.326 e. The van der Waals surface area contributed by atoms with E-state index in [1.807, 2.05) is 13.0 Å². The molecular weight excluding hydrogens is 335 g/mol. The quantitative estimate of drug-likeness (QED) is 0.743. The van der Waals surface area contributed by atoms with Crippen molar-refractivity contribution in [2.24, 2.45) is 0 Å². The van der Waals surface area contributed by atoms with Crippen LogP contribution in [-0.4, -0.2) is 20.6 Å². The van der Waals surface area contributed by atoms with Gasteiger partial charge in [-0.3, -0.25) is 4.57 Å². The minimum Gasteiger partial charge on any atom is -0.348 e. The highest BCUT2D eigenvalue weighted by molar-refractivity contribution is 6.38. The number of hydrogen-bond acceptors (Lipinski definition) is 2. The van der Waals surface area contributed by atoms with E-state index in [0.29, 0.717) is 10.0 Å². The summed E-state index contributed by atoms with van der Waals surface area (Å²) in [6, 6.07) is 5.24. The Hall–Kier alpha value is -1.98. The number of nitrogens with one attached hydrogen (secondary N) is 2. The molecule has 0 saturated carbocycles. The van der Waals surface area contributed by atoms with Gasteiger partial charge in [-0.15, -0.1) is 0 Å². The van der Waals surface area contributed by atoms with Crippen molar-refractivity contribution < 1.29 is 4.79 Å². The van der Waals surface area contributed by atoms with Crippen LogP contribution in [0, 0.1) is 6.92 Å². The zero-order valence-electron chi connectivity index (χ0n) is 12.4. The number of fused-ring (bicyclic) bond motifs is 3. The summed E-state index contributed by atoms with van der Waals surface area (Å²) in [6.45, 7) is 1.99. The van der Waals surface area contributed by atoms with Crippen molar-refractivity contribution in [2.75, 3.05) is 0 Å². The van der Waals surface area contributed by atoms with E-state index >= 15 is 0 Å². The highest BCUT2D eigenvalue weighted by atomic mass is 35.5. The molecule has 4 rings (SSSR count). The molecule has 23 heavy (non-hydrogen) atoms. The maximum atomic E-state index is 12.3. The third-order valence-electron chi connectivity index (χ3n) is 4.33. The Morgan fingerprint density at radius 2 is 2.13 bits per heavy atom. The largest absolute Gasteiger partial charge is 0.348 e. The minimum absolute atomic E-state index is 0.0548. The normalized spacial score (nSPS) is 16.8. The Balaban J connectivity index is 1.71. The lowest BCUT2D eigenvalue weighted by atomic mass is 10.1. The molecule has 1 aliphatic rings. The Morgan fingerprint density at radius 1 is 1.30 bits per heavy atom. The molecule has 0 radical (unpaired) electrons. The van der Waals surface area contributed by atoms with Crippen LogP contribution in [0.2, 0.25) is 10.0 Å². The molecule has 0 fully saturated rings. The third kappa shape index (κ3) is 2.31. The van der Waals surface area contributed by atoms with Gasteiger partial charge in [0.2, 0.25) is 0 Å². The highest BCUT2D eigenvalue weighted by Crippen LogP contribution is 2.36. The zero-order chi connectivity index (χ0) is 16.1. The lowest BCUT2D eigenvalue weighted by Gasteiger charge is -2.08. The summed E-state index contributed by atoms with van der Waals surface area (Å²) in [5, 5.41) is 4.94. The van der Waals surface area contributed by atoms with Crippen LogP contribution in [0.5, 0.6) is 0 Å². The summed E-state index contributed by atoms with van der Waals surface area (Å²) in [5.41, 5.74) is 3.75. The smallest absolute Gasteiger partial charge is 0.326 e. The molecule has 1 aliphatic heterocycles. The summed E-state index contributed by atoms with van der Waals surface area (Å²) in [4.78, 5) is 19.7. The molecule has 1 amide bonds. The highest BCUT2D eigenvalue weighted by Gasteiger charge is 2.31. The Labute approximate surface area is 142 Å². The number of aromatic amines is 1. The van der Waals surface area contributed by atoms with Gasteiger partial charge in [-0.25, -0.2) is 9.78 Å². The van der Waals surface area contributed by atoms with Gasteiger partial charge in [0.05, 0.1) is 34.3 Å². The number of hydrogen-bond donors (Lipinski definition) is 2. The van der Waals surface area contributed by atoms with E-state index in [1.165, 1.54) is 0 Å². The molecule has 0 spiro atoms. The molecule has 1 atom stereocenters. The second-order valence-corrected chi connectivity index (χ2v) is 6.58. The molecule has 1 aromatic carbocycles. The van der Waals surface area contributed by atoms with E-state index in [1.54, 1.807) is 23.0 Å². The molecule has 3 aromatic rings. The number of halogens is 2. The van der Waals surface area contributed by atoms with Gasteiger partial charge in [0.1, 0.15) is 0 Å². The van der Waals surface area contributed by atoms with Gasteiger partial charge in [0.25, 0.3) is 0 Å². The number of H-pyrrole nitrogens is 1. The van der Waals surface area contributed by atoms with Crippen molar-refractivity contribution in [2.45, 2.75) is 25.8 Å². The number of carbonyl (C=O) groups is 1. The molecular formula is C16H14Cl2N4O. The summed E-state index contributed by atoms with van der Waals surface area (Å²) < 4.78 is 1.66. The van der Waals surface area contributed by atoms with E-state index in [4.69, 9.17) is 23.2 Å². The number of rotatable bonds is 3. The SMILES string of the molecule is Cc1[nH]cnc1CCC1NC(=O)n2c1cc1c(Cl)cc(Cl)cc12. The second-order valence-electron chi connectivity index (χ2n) is 5.74. The van der Waals surface area contributed by atoms with Gasteiger partial charge in [0, 0.05) is 16.1 Å². The van der Waals surface area contributed by atoms with Gasteiger partial charge >= 0.3 is 6.03 Å². The fourth-order valence-corrected chi connectivity index (χ4v) is 3.70. The predicted molar refractivity (Wildman–Crippen MR) is 90.3 cm³/mol. The molecule has 2 aromatic heterocycles. The topological polar surface area (TPSA) is 62.7 Å². The average molecular weight is 349 g/mol. The van der Waals surface area contributed by atoms with Gasteiger partial charge in [-0.2, -0.15) is 0 Å². The fraction of sp³-hybridized carbons (Fsp3) is 0.250. The Kier molecular flexibility index (Phi) is 3.36. The first kappa shape index (κ1) is 14.6. The lowest BCUT2D eigenvalue weighted by Crippen LogP contribution is -2.21. The molecule has 0 saturated heterocycles. The van der Waals surface area contributed by atoms with Gasteiger partial charge in [-0.1, -0.05) is 23.2 Å². The lowest BCUT2D eigenvalue weighted by molar-refractivity contribution is 0.245. The van der Waals surface area contributed by atoms with E-state index in [-0.39, 0.29) is 12.1 Å². The summed E-state index contributed by atoms with van der Waals surface area (Å²) in [5.74, 6) is 0. The van der Waals surface area contributed by atoms with Crippen LogP contribution >= 0.6 is 23.2 Å². The number of nitrogens with zero attached hydrogens (tertiary/aromatic N) is 2. The van der Waals surface area contributed by atoms with Crippen molar-refractivity contribution in [3.63, 3.8) is 0 Å². The number of aryl methyl sites for hydroxylation is 2. The maximum absolute atomic E-state index is 12.3. The fourth-order valence-electron chi connectivity index (χ4n) is 3.16. The minimum atomic E-state index is -0.142. The molecule has 0 aliphatic carbocycles. The Bertz CT molecular complexity index is 928. The number of benzene rings is 1. The number of amides is 1. The average Bonchev–Trinajstić information content (AvgIpc) is 3.14. The molecule has 118 valence electrons. The zero-order valence-corrected chi connectivity index (χ0v) is 13.9. The second kappa shape index (κ2) is 5.28. The molecule has 5 nitrogen and oxygen atoms in total. The Morgan fingerprint density at radius 3 is 2.87 bits per heavy atom. The van der Waals surface area contributed by atoms with Crippen LogP contribution in [-0.2, 0) is 6.42 Å². The van der Waals surface area contributed by atoms with Crippen molar-refractivity contribution in [3.8, 4) is 0 Å². The number of aromatic nitrogens is 3. The van der Waals surface area contributed by atoms with Crippen molar-refractivity contribution in [1.29, 1.82) is 0 Å². The molecule has 7 heteroatoms. The van der Waals surface area contributed by atoms with Crippen molar-refractivity contribution in [3.05, 3.63) is 51.7 Å². The number of carbonyl (C=O) groups excluding carboxylic acids is 1. The van der Waals surface area contributed by atoms with E-state index in [9.17, 15) is 4.79 Å². The van der Waals surface area contributed by atoms with Crippen LogP contribution in [0.1, 0.15) is 29.5 Å². The standard InChI is InChI=1S/C16H14Cl2N4O/c1-8-12(20-7-19-8)2-3-13-15-6-10-11(18)4-9(17)5-14(10)22(15)16(23)21-13/h4-7,13H,2-3H2,1H3,(H,19,20)(H,21,23). The monoisotopic (exact) mass is 348 g/mol. The van der Waals surface area contributed by atoms with Gasteiger partial charge in [-0.05, 0) is 38.0 Å². The summed E-state index contributed by atoms with van der Waals surface area (Å²) in [7, 11) is 0. The van der Waals surface area contributed by atoms with Gasteiger partial charge in [0.15, 0.2) is 0 Å². The summed E-state index contributed by atoms with van der Waals surface area (Å²) >= 11 is 12.3. The van der Waals surface area contributed by atoms with Crippen molar-refractivity contribution in [1.82, 2.24) is 19.9 Å². The molecule has 1 unspecified atom stereocenters. The van der Waals surface area contributed by atoms with Crippen molar-refractivity contribution >= 4 is 40.1 Å². The molecule has 3 heterocycles. The van der Waals surface area contributed by atoms with E-state index in [2.05, 4.69) is 15.3 Å². The van der Waals surface area contributed by atoms with Gasteiger partial charge < -0.3 is 10.3 Å².